The van der Waals surface area contributed by atoms with Crippen molar-refractivity contribution in [3.05, 3.63) is 12.7 Å². The van der Waals surface area contributed by atoms with Crippen molar-refractivity contribution >= 4 is 31.9 Å². The summed E-state index contributed by atoms with van der Waals surface area (Å²) in [5.74, 6) is 0. The SMILES string of the molecule is C=CC#N.CC(C)OP(=O)(OCCC#N)OC(C)C.CC(C)OP(=O)(OCCC#N)OC(C)C.CC(C)OP(=O)([O-])OC(C)C.[B]. The zero-order valence-corrected chi connectivity index (χ0v) is 31.9. The summed E-state index contributed by atoms with van der Waals surface area (Å²) in [7, 11) is -11.1. The van der Waals surface area contributed by atoms with Gasteiger partial charge in [-0.15, -0.1) is 0 Å². The minimum atomic E-state index is -4.05. The molecule has 0 aliphatic heterocycles. The molecular weight excluding hydrogens is 662 g/mol. The number of allylic oxidation sites excluding steroid dienone is 1. The standard InChI is InChI=1S/2C9H18NO4P.C6H15O4P.C3H3N.B/c2*1-8(2)13-15(11,14-9(3)4)12-7-5-6-10;1-5(2)9-11(7,8)10-6(3)4;1-2-3-4;/h2*8-9H,5,7H2,1-4H3;5-6H,1-4H3,(H,7,8);2H,1H2;/p-1. The molecule has 46 heavy (non-hydrogen) atoms. The number of rotatable bonds is 18. The Labute approximate surface area is 278 Å². The first-order valence-corrected chi connectivity index (χ1v) is 18.6. The maximum absolute atomic E-state index is 11.9. The summed E-state index contributed by atoms with van der Waals surface area (Å²) >= 11 is 0. The third-order valence-electron chi connectivity index (χ3n) is 3.06. The summed E-state index contributed by atoms with van der Waals surface area (Å²) in [6.45, 7) is 23.7. The lowest BCUT2D eigenvalue weighted by molar-refractivity contribution is -0.231. The third-order valence-corrected chi connectivity index (χ3v) is 8.13. The van der Waals surface area contributed by atoms with E-state index in [2.05, 4.69) is 15.6 Å². The van der Waals surface area contributed by atoms with E-state index in [0.29, 0.717) is 0 Å². The summed E-state index contributed by atoms with van der Waals surface area (Å²) in [4.78, 5) is 10.8. The van der Waals surface area contributed by atoms with Crippen LogP contribution in [0.5, 0.6) is 0 Å². The zero-order chi connectivity index (χ0) is 36.3. The van der Waals surface area contributed by atoms with Gasteiger partial charge in [-0.05, 0) is 83.1 Å². The van der Waals surface area contributed by atoms with E-state index in [-0.39, 0.29) is 71.1 Å². The fourth-order valence-electron chi connectivity index (χ4n) is 2.15. The van der Waals surface area contributed by atoms with Gasteiger partial charge in [0.15, 0.2) is 0 Å². The van der Waals surface area contributed by atoms with Gasteiger partial charge in [0.2, 0.25) is 0 Å². The number of phosphoric acid groups is 3. The Morgan fingerprint density at radius 2 is 0.804 bits per heavy atom. The van der Waals surface area contributed by atoms with E-state index in [4.69, 9.17) is 42.9 Å². The largest absolute Gasteiger partial charge is 0.756 e. The highest BCUT2D eigenvalue weighted by Crippen LogP contribution is 2.52. The first-order chi connectivity index (χ1) is 20.5. The highest BCUT2D eigenvalue weighted by Gasteiger charge is 2.30. The van der Waals surface area contributed by atoms with E-state index in [0.717, 1.165) is 0 Å². The molecular formula is C27H53BN3O12P3-. The van der Waals surface area contributed by atoms with Crippen molar-refractivity contribution in [2.24, 2.45) is 0 Å². The van der Waals surface area contributed by atoms with E-state index in [1.807, 2.05) is 12.1 Å². The molecule has 3 radical (unpaired) electrons. The number of hydrogen-bond acceptors (Lipinski definition) is 15. The Bertz CT molecular complexity index is 944. The van der Waals surface area contributed by atoms with E-state index < -0.39 is 23.5 Å². The third kappa shape index (κ3) is 42.6. The van der Waals surface area contributed by atoms with Crippen LogP contribution >= 0.6 is 23.5 Å². The van der Waals surface area contributed by atoms with Crippen LogP contribution < -0.4 is 4.89 Å². The van der Waals surface area contributed by atoms with Gasteiger partial charge in [-0.3, -0.25) is 31.7 Å². The highest BCUT2D eigenvalue weighted by molar-refractivity contribution is 7.48. The molecule has 0 aromatic carbocycles. The highest BCUT2D eigenvalue weighted by atomic mass is 31.2. The Hall–Kier alpha value is -1.40. The van der Waals surface area contributed by atoms with E-state index in [9.17, 15) is 18.6 Å². The molecule has 0 unspecified atom stereocenters. The molecule has 0 spiro atoms. The lowest BCUT2D eigenvalue weighted by Crippen LogP contribution is -2.15. The first-order valence-electron chi connectivity index (χ1n) is 14.2. The lowest BCUT2D eigenvalue weighted by atomic mass is 10.5. The summed E-state index contributed by atoms with van der Waals surface area (Å²) in [6, 6.07) is 5.47. The van der Waals surface area contributed by atoms with Crippen molar-refractivity contribution in [2.45, 2.75) is 133 Å². The molecule has 0 atom stereocenters. The van der Waals surface area contributed by atoms with Gasteiger partial charge >= 0.3 is 15.6 Å². The van der Waals surface area contributed by atoms with Crippen LogP contribution in [0, 0.1) is 34.0 Å². The number of phosphoric ester groups is 3. The van der Waals surface area contributed by atoms with Crippen molar-refractivity contribution < 1.29 is 54.8 Å². The van der Waals surface area contributed by atoms with E-state index in [1.165, 1.54) is 6.08 Å². The van der Waals surface area contributed by atoms with Crippen molar-refractivity contribution in [1.82, 2.24) is 0 Å². The second-order valence-corrected chi connectivity index (χ2v) is 14.5. The quantitative estimate of drug-likeness (QED) is 0.0585. The van der Waals surface area contributed by atoms with Gasteiger partial charge in [-0.25, -0.2) is 9.13 Å². The molecule has 0 rings (SSSR count). The molecule has 0 bridgehead atoms. The van der Waals surface area contributed by atoms with Gasteiger partial charge in [-0.1, -0.05) is 6.58 Å². The Morgan fingerprint density at radius 3 is 0.957 bits per heavy atom. The van der Waals surface area contributed by atoms with Crippen molar-refractivity contribution in [1.29, 1.82) is 15.8 Å². The maximum Gasteiger partial charge on any atom is 0.475 e. The van der Waals surface area contributed by atoms with Crippen LogP contribution in [0.4, 0.5) is 0 Å². The fourth-order valence-corrected chi connectivity index (χ4v) is 6.27. The van der Waals surface area contributed by atoms with Crippen molar-refractivity contribution in [2.75, 3.05) is 13.2 Å². The van der Waals surface area contributed by atoms with Gasteiger partial charge < -0.3 is 13.9 Å². The molecule has 0 amide bonds. The average Bonchev–Trinajstić information content (AvgIpc) is 2.81. The molecule has 0 N–H and O–H groups in total. The van der Waals surface area contributed by atoms with Crippen LogP contribution in [0.3, 0.4) is 0 Å². The zero-order valence-electron chi connectivity index (χ0n) is 29.2. The topological polar surface area (TPSA) is 219 Å². The summed E-state index contributed by atoms with van der Waals surface area (Å²) < 4.78 is 74.1. The summed E-state index contributed by atoms with van der Waals surface area (Å²) in [6.07, 6.45) is -0.240. The predicted octanol–water partition coefficient (Wildman–Crippen LogP) is 7.37. The molecule has 0 aliphatic rings. The summed E-state index contributed by atoms with van der Waals surface area (Å²) in [5, 5.41) is 24.2. The van der Waals surface area contributed by atoms with Crippen LogP contribution in [0.1, 0.15) is 95.9 Å². The van der Waals surface area contributed by atoms with Gasteiger partial charge in [0.1, 0.15) is 0 Å². The Kier molecular flexibility index (Phi) is 36.3. The molecule has 267 valence electrons. The second-order valence-electron chi connectivity index (χ2n) is 10.1. The van der Waals surface area contributed by atoms with Gasteiger partial charge in [0, 0.05) is 14.5 Å². The number of nitriles is 3. The Balaban J connectivity index is -0.000000172. The molecule has 0 aromatic heterocycles. The predicted molar refractivity (Wildman–Crippen MR) is 174 cm³/mol. The second kappa shape index (κ2) is 30.9. The molecule has 19 heteroatoms. The van der Waals surface area contributed by atoms with Crippen molar-refractivity contribution in [3.63, 3.8) is 0 Å². The molecule has 0 saturated carbocycles. The first kappa shape index (κ1) is 54.1. The van der Waals surface area contributed by atoms with E-state index >= 15 is 0 Å². The fraction of sp³-hybridized carbons (Fsp3) is 0.815. The minimum Gasteiger partial charge on any atom is -0.756 e. The molecule has 0 fully saturated rings. The molecule has 15 nitrogen and oxygen atoms in total. The maximum atomic E-state index is 11.9. The van der Waals surface area contributed by atoms with Crippen LogP contribution in [0.15, 0.2) is 12.7 Å². The van der Waals surface area contributed by atoms with Gasteiger partial charge in [0.05, 0.1) is 80.9 Å². The van der Waals surface area contributed by atoms with Crippen LogP contribution in [0.25, 0.3) is 0 Å². The Morgan fingerprint density at radius 1 is 0.587 bits per heavy atom. The van der Waals surface area contributed by atoms with Crippen LogP contribution in [-0.4, -0.2) is 58.3 Å². The van der Waals surface area contributed by atoms with E-state index in [1.54, 1.807) is 89.2 Å². The molecule has 0 aromatic rings. The number of nitrogens with zero attached hydrogens (tertiary/aromatic N) is 3. The average molecular weight is 715 g/mol. The van der Waals surface area contributed by atoms with Gasteiger partial charge in [-0.2, -0.15) is 15.8 Å². The minimum absolute atomic E-state index is 0. The van der Waals surface area contributed by atoms with Crippen LogP contribution in [-0.2, 0) is 49.9 Å². The molecule has 0 heterocycles. The van der Waals surface area contributed by atoms with Gasteiger partial charge in [0.25, 0.3) is 7.82 Å². The lowest BCUT2D eigenvalue weighted by Gasteiger charge is -2.26. The smallest absolute Gasteiger partial charge is 0.475 e. The number of hydrogen-bond donors (Lipinski definition) is 0. The van der Waals surface area contributed by atoms with Crippen molar-refractivity contribution in [3.8, 4) is 18.2 Å². The molecule has 0 saturated heterocycles. The molecule has 0 aliphatic carbocycles. The summed E-state index contributed by atoms with van der Waals surface area (Å²) in [5.41, 5.74) is 0. The van der Waals surface area contributed by atoms with Crippen LogP contribution in [0.2, 0.25) is 0 Å². The normalized spacial score (nSPS) is 11.3. The monoisotopic (exact) mass is 715 g/mol.